The van der Waals surface area contributed by atoms with E-state index in [1.165, 1.54) is 4.90 Å². The van der Waals surface area contributed by atoms with E-state index in [-0.39, 0.29) is 11.3 Å². The van der Waals surface area contributed by atoms with E-state index in [1.54, 1.807) is 30.7 Å². The van der Waals surface area contributed by atoms with Crippen molar-refractivity contribution in [3.63, 3.8) is 0 Å². The smallest absolute Gasteiger partial charge is 0.295 e. The SMILES string of the molecule is CCCCOc1cccc([C@H]2/C(=C(\O)c3ccc4c(c3)OCCO4)C(=O)C(=O)N2CCCn2ccnc2)c1. The number of fused-ring (bicyclic) bond motifs is 1. The Bertz CT molecular complexity index is 1330. The molecule has 3 heterocycles. The van der Waals surface area contributed by atoms with Crippen molar-refractivity contribution in [1.29, 1.82) is 0 Å². The average molecular weight is 518 g/mol. The van der Waals surface area contributed by atoms with Gasteiger partial charge in [0.1, 0.15) is 24.7 Å². The molecule has 2 aliphatic heterocycles. The minimum Gasteiger partial charge on any atom is -0.507 e. The number of carbonyl (C=O) groups excluding carboxylic acids is 2. The summed E-state index contributed by atoms with van der Waals surface area (Å²) in [5, 5.41) is 11.4. The van der Waals surface area contributed by atoms with Crippen LogP contribution < -0.4 is 14.2 Å². The molecule has 1 atom stereocenters. The predicted octanol–water partition coefficient (Wildman–Crippen LogP) is 4.35. The third-order valence-corrected chi connectivity index (χ3v) is 6.67. The third kappa shape index (κ3) is 5.22. The minimum absolute atomic E-state index is 0.0417. The molecule has 0 unspecified atom stereocenters. The number of nitrogens with zero attached hydrogens (tertiary/aromatic N) is 3. The standard InChI is InChI=1S/C29H31N3O6/c1-2-3-14-36-22-7-4-6-20(17-22)26-25(27(33)21-8-9-23-24(18-21)38-16-15-37-23)28(34)29(35)32(26)12-5-11-31-13-10-30-19-31/h4,6-10,13,17-19,26,33H,2-3,5,11-12,14-16H2,1H3/b27-25+/t26-/m0/s1. The number of amides is 1. The number of aryl methyl sites for hydroxylation is 1. The van der Waals surface area contributed by atoms with Crippen LogP contribution in [0.2, 0.25) is 0 Å². The monoisotopic (exact) mass is 517 g/mol. The van der Waals surface area contributed by atoms with Gasteiger partial charge < -0.3 is 28.8 Å². The van der Waals surface area contributed by atoms with Gasteiger partial charge in [-0.1, -0.05) is 25.5 Å². The molecule has 2 aromatic carbocycles. The fourth-order valence-corrected chi connectivity index (χ4v) is 4.75. The highest BCUT2D eigenvalue weighted by atomic mass is 16.6. The van der Waals surface area contributed by atoms with Gasteiger partial charge in [-0.25, -0.2) is 4.98 Å². The van der Waals surface area contributed by atoms with Crippen LogP contribution in [-0.4, -0.2) is 57.6 Å². The van der Waals surface area contributed by atoms with Crippen molar-refractivity contribution < 1.29 is 28.9 Å². The molecule has 38 heavy (non-hydrogen) atoms. The summed E-state index contributed by atoms with van der Waals surface area (Å²) >= 11 is 0. The van der Waals surface area contributed by atoms with Crippen LogP contribution in [0.25, 0.3) is 5.76 Å². The average Bonchev–Trinajstić information content (AvgIpc) is 3.55. The third-order valence-electron chi connectivity index (χ3n) is 6.67. The van der Waals surface area contributed by atoms with Gasteiger partial charge >= 0.3 is 0 Å². The molecular weight excluding hydrogens is 486 g/mol. The highest BCUT2D eigenvalue weighted by Gasteiger charge is 2.46. The minimum atomic E-state index is -0.763. The molecule has 0 saturated carbocycles. The Balaban J connectivity index is 1.52. The summed E-state index contributed by atoms with van der Waals surface area (Å²) in [5.41, 5.74) is 1.12. The summed E-state index contributed by atoms with van der Waals surface area (Å²) < 4.78 is 19.1. The Morgan fingerprint density at radius 3 is 2.71 bits per heavy atom. The number of ether oxygens (including phenoxy) is 3. The Kier molecular flexibility index (Phi) is 7.62. The zero-order chi connectivity index (χ0) is 26.5. The maximum absolute atomic E-state index is 13.4. The molecule has 9 nitrogen and oxygen atoms in total. The van der Waals surface area contributed by atoms with E-state index in [9.17, 15) is 14.7 Å². The van der Waals surface area contributed by atoms with Gasteiger partial charge in [0, 0.05) is 31.0 Å². The number of ketones is 1. The zero-order valence-corrected chi connectivity index (χ0v) is 21.3. The molecule has 0 radical (unpaired) electrons. The highest BCUT2D eigenvalue weighted by molar-refractivity contribution is 6.46. The lowest BCUT2D eigenvalue weighted by molar-refractivity contribution is -0.139. The van der Waals surface area contributed by atoms with Gasteiger partial charge in [-0.3, -0.25) is 9.59 Å². The number of hydrogen-bond acceptors (Lipinski definition) is 7. The summed E-state index contributed by atoms with van der Waals surface area (Å²) in [6, 6.07) is 11.6. The number of carbonyl (C=O) groups is 2. The second-order valence-corrected chi connectivity index (χ2v) is 9.28. The van der Waals surface area contributed by atoms with Crippen molar-refractivity contribution in [2.45, 2.75) is 38.8 Å². The number of benzene rings is 2. The number of aliphatic hydroxyl groups excluding tert-OH is 1. The van der Waals surface area contributed by atoms with Crippen LogP contribution >= 0.6 is 0 Å². The second kappa shape index (κ2) is 11.4. The lowest BCUT2D eigenvalue weighted by Crippen LogP contribution is -2.31. The largest absolute Gasteiger partial charge is 0.507 e. The van der Waals surface area contributed by atoms with E-state index in [0.29, 0.717) is 67.7 Å². The molecule has 1 aromatic heterocycles. The van der Waals surface area contributed by atoms with E-state index in [0.717, 1.165) is 12.8 Å². The lowest BCUT2D eigenvalue weighted by Gasteiger charge is -2.26. The normalized spacial score (nSPS) is 18.1. The molecule has 9 heteroatoms. The molecule has 1 amide bonds. The molecule has 5 rings (SSSR count). The molecule has 1 N–H and O–H groups in total. The Morgan fingerprint density at radius 1 is 1.08 bits per heavy atom. The molecule has 1 saturated heterocycles. The number of hydrogen-bond donors (Lipinski definition) is 1. The Labute approximate surface area is 221 Å². The van der Waals surface area contributed by atoms with E-state index in [4.69, 9.17) is 14.2 Å². The van der Waals surface area contributed by atoms with Crippen molar-refractivity contribution in [1.82, 2.24) is 14.5 Å². The molecule has 198 valence electrons. The van der Waals surface area contributed by atoms with Crippen LogP contribution in [-0.2, 0) is 16.1 Å². The van der Waals surface area contributed by atoms with Crippen molar-refractivity contribution >= 4 is 17.4 Å². The number of imidazole rings is 1. The molecule has 0 aliphatic carbocycles. The van der Waals surface area contributed by atoms with Crippen LogP contribution in [0.3, 0.4) is 0 Å². The van der Waals surface area contributed by atoms with E-state index in [1.807, 2.05) is 35.0 Å². The van der Waals surface area contributed by atoms with Crippen molar-refractivity contribution in [3.05, 3.63) is 77.9 Å². The molecule has 3 aromatic rings. The Morgan fingerprint density at radius 2 is 1.92 bits per heavy atom. The zero-order valence-electron chi connectivity index (χ0n) is 21.3. The van der Waals surface area contributed by atoms with Gasteiger partial charge in [-0.15, -0.1) is 0 Å². The van der Waals surface area contributed by atoms with Gasteiger partial charge in [0.2, 0.25) is 0 Å². The number of Topliss-reactive ketones (excluding diaryl/α,β-unsaturated/α-hetero) is 1. The molecular formula is C29H31N3O6. The quantitative estimate of drug-likeness (QED) is 0.185. The number of aliphatic hydroxyl groups is 1. The topological polar surface area (TPSA) is 103 Å². The second-order valence-electron chi connectivity index (χ2n) is 9.28. The summed E-state index contributed by atoms with van der Waals surface area (Å²) in [7, 11) is 0. The Hall–Kier alpha value is -4.27. The summed E-state index contributed by atoms with van der Waals surface area (Å²) in [4.78, 5) is 32.3. The van der Waals surface area contributed by atoms with Crippen LogP contribution in [0, 0.1) is 0 Å². The van der Waals surface area contributed by atoms with Gasteiger partial charge in [-0.05, 0) is 48.7 Å². The van der Waals surface area contributed by atoms with Crippen LogP contribution in [0.5, 0.6) is 17.2 Å². The van der Waals surface area contributed by atoms with Crippen molar-refractivity contribution in [3.8, 4) is 17.2 Å². The predicted molar refractivity (Wildman–Crippen MR) is 140 cm³/mol. The first kappa shape index (κ1) is 25.4. The first-order valence-electron chi connectivity index (χ1n) is 12.9. The summed E-state index contributed by atoms with van der Waals surface area (Å²) in [5.74, 6) is 0.0948. The number of likely N-dealkylation sites (tertiary alicyclic amines) is 1. The fraction of sp³-hybridized carbons (Fsp3) is 0.345. The fourth-order valence-electron chi connectivity index (χ4n) is 4.75. The van der Waals surface area contributed by atoms with Crippen molar-refractivity contribution in [2.75, 3.05) is 26.4 Å². The number of aromatic nitrogens is 2. The van der Waals surface area contributed by atoms with Gasteiger partial charge in [0.15, 0.2) is 11.5 Å². The van der Waals surface area contributed by atoms with E-state index in [2.05, 4.69) is 11.9 Å². The van der Waals surface area contributed by atoms with Crippen LogP contribution in [0.1, 0.15) is 43.4 Å². The maximum atomic E-state index is 13.4. The molecule has 0 spiro atoms. The molecule has 2 aliphatic rings. The number of rotatable bonds is 10. The first-order chi connectivity index (χ1) is 18.6. The summed E-state index contributed by atoms with van der Waals surface area (Å²) in [6.45, 7) is 4.46. The molecule has 1 fully saturated rings. The van der Waals surface area contributed by atoms with Gasteiger partial charge in [-0.2, -0.15) is 0 Å². The summed E-state index contributed by atoms with van der Waals surface area (Å²) in [6.07, 6.45) is 7.79. The molecule has 0 bridgehead atoms. The lowest BCUT2D eigenvalue weighted by atomic mass is 9.95. The van der Waals surface area contributed by atoms with Gasteiger partial charge in [0.05, 0.1) is 24.5 Å². The van der Waals surface area contributed by atoms with E-state index < -0.39 is 17.7 Å². The van der Waals surface area contributed by atoms with Crippen LogP contribution in [0.15, 0.2) is 66.8 Å². The maximum Gasteiger partial charge on any atom is 0.295 e. The van der Waals surface area contributed by atoms with E-state index >= 15 is 0 Å². The van der Waals surface area contributed by atoms with Crippen molar-refractivity contribution in [2.24, 2.45) is 0 Å². The highest BCUT2D eigenvalue weighted by Crippen LogP contribution is 2.41. The first-order valence-corrected chi connectivity index (χ1v) is 12.9. The van der Waals surface area contributed by atoms with Gasteiger partial charge in [0.25, 0.3) is 11.7 Å². The number of unbranched alkanes of at least 4 members (excludes halogenated alkanes) is 1. The van der Waals surface area contributed by atoms with Crippen LogP contribution in [0.4, 0.5) is 0 Å².